The fraction of sp³-hybridized carbons (Fsp3) is 0.350. The molecule has 29 heavy (non-hydrogen) atoms. The van der Waals surface area contributed by atoms with Crippen molar-refractivity contribution in [3.8, 4) is 17.2 Å². The number of nitrogens with zero attached hydrogens (tertiary/aromatic N) is 1. The number of hydrogen-bond donors (Lipinski definition) is 2. The largest absolute Gasteiger partial charge is 0.493 e. The first kappa shape index (κ1) is 22.2. The van der Waals surface area contributed by atoms with Crippen LogP contribution in [0.4, 0.5) is 18.9 Å². The summed E-state index contributed by atoms with van der Waals surface area (Å²) in [5.74, 6) is 1.79. The first-order chi connectivity index (χ1) is 13.9. The summed E-state index contributed by atoms with van der Waals surface area (Å²) >= 11 is 0. The van der Waals surface area contributed by atoms with E-state index in [2.05, 4.69) is 15.6 Å². The van der Waals surface area contributed by atoms with Gasteiger partial charge in [0, 0.05) is 30.9 Å². The molecule has 0 aliphatic rings. The summed E-state index contributed by atoms with van der Waals surface area (Å²) in [7, 11) is 3.15. The third kappa shape index (κ3) is 7.10. The van der Waals surface area contributed by atoms with E-state index >= 15 is 0 Å². The van der Waals surface area contributed by atoms with Crippen molar-refractivity contribution in [1.82, 2.24) is 5.32 Å². The summed E-state index contributed by atoms with van der Waals surface area (Å²) in [6.07, 6.45) is -4.40. The van der Waals surface area contributed by atoms with E-state index in [4.69, 9.17) is 14.2 Å². The molecule has 0 unspecified atom stereocenters. The third-order valence-electron chi connectivity index (χ3n) is 3.76. The zero-order valence-corrected chi connectivity index (χ0v) is 16.5. The lowest BCUT2D eigenvalue weighted by Gasteiger charge is -2.16. The van der Waals surface area contributed by atoms with Gasteiger partial charge in [-0.2, -0.15) is 13.2 Å². The zero-order chi connectivity index (χ0) is 21.3. The number of alkyl halides is 3. The van der Waals surface area contributed by atoms with Gasteiger partial charge in [-0.05, 0) is 25.1 Å². The highest BCUT2D eigenvalue weighted by Crippen LogP contribution is 2.30. The molecule has 2 N–H and O–H groups in total. The summed E-state index contributed by atoms with van der Waals surface area (Å²) in [5.41, 5.74) is 1.29. The Balaban J connectivity index is 2.04. The van der Waals surface area contributed by atoms with E-state index in [0.29, 0.717) is 35.3 Å². The van der Waals surface area contributed by atoms with Gasteiger partial charge in [-0.15, -0.1) is 0 Å². The first-order valence-electron chi connectivity index (χ1n) is 8.92. The molecule has 0 radical (unpaired) electrons. The lowest BCUT2D eigenvalue weighted by molar-refractivity contribution is -0.153. The van der Waals surface area contributed by atoms with Gasteiger partial charge >= 0.3 is 6.18 Å². The van der Waals surface area contributed by atoms with E-state index in [-0.39, 0.29) is 12.3 Å². The molecule has 0 bridgehead atoms. The molecule has 0 aliphatic carbocycles. The summed E-state index contributed by atoms with van der Waals surface area (Å²) in [6.45, 7) is 1.24. The fourth-order valence-electron chi connectivity index (χ4n) is 2.47. The van der Waals surface area contributed by atoms with Gasteiger partial charge in [0.05, 0.1) is 13.7 Å². The van der Waals surface area contributed by atoms with Crippen LogP contribution < -0.4 is 24.8 Å². The normalized spacial score (nSPS) is 11.7. The van der Waals surface area contributed by atoms with Crippen LogP contribution in [0.15, 0.2) is 47.5 Å². The van der Waals surface area contributed by atoms with Gasteiger partial charge < -0.3 is 24.8 Å². The maximum absolute atomic E-state index is 12.4. The van der Waals surface area contributed by atoms with Crippen molar-refractivity contribution < 1.29 is 27.4 Å². The molecule has 6 nitrogen and oxygen atoms in total. The molecule has 0 saturated heterocycles. The van der Waals surface area contributed by atoms with E-state index in [9.17, 15) is 13.2 Å². The van der Waals surface area contributed by atoms with Crippen molar-refractivity contribution in [2.45, 2.75) is 19.6 Å². The second-order valence-electron chi connectivity index (χ2n) is 5.86. The van der Waals surface area contributed by atoms with Crippen molar-refractivity contribution in [1.29, 1.82) is 0 Å². The molecule has 0 saturated carbocycles. The van der Waals surface area contributed by atoms with Crippen LogP contribution in [-0.2, 0) is 6.54 Å². The second-order valence-corrected chi connectivity index (χ2v) is 5.86. The van der Waals surface area contributed by atoms with E-state index < -0.39 is 12.8 Å². The average molecular weight is 411 g/mol. The minimum Gasteiger partial charge on any atom is -0.493 e. The molecular weight excluding hydrogens is 387 g/mol. The van der Waals surface area contributed by atoms with Gasteiger partial charge in [0.1, 0.15) is 5.75 Å². The first-order valence-corrected chi connectivity index (χ1v) is 8.92. The van der Waals surface area contributed by atoms with E-state index in [0.717, 1.165) is 0 Å². The van der Waals surface area contributed by atoms with E-state index in [1.807, 2.05) is 6.92 Å². The SMILES string of the molecule is CCOc1cc(NC(=NC)NCc2ccccc2OCC(F)(F)F)ccc1OC. The molecule has 0 fully saturated rings. The standard InChI is InChI=1S/C20H24F3N3O3/c1-4-28-18-11-15(9-10-17(18)27-3)26-19(24-2)25-12-14-7-5-6-8-16(14)29-13-20(21,22)23/h5-11H,4,12-13H2,1-3H3,(H2,24,25,26). The number of aliphatic imine (C=N–C) groups is 1. The Morgan fingerprint density at radius 3 is 2.45 bits per heavy atom. The van der Waals surface area contributed by atoms with E-state index in [1.54, 1.807) is 50.6 Å². The van der Waals surface area contributed by atoms with Gasteiger partial charge in [0.2, 0.25) is 0 Å². The maximum atomic E-state index is 12.4. The summed E-state index contributed by atoms with van der Waals surface area (Å²) in [4.78, 5) is 4.13. The van der Waals surface area contributed by atoms with Crippen LogP contribution in [-0.4, -0.2) is 39.5 Å². The van der Waals surface area contributed by atoms with Crippen LogP contribution in [0.5, 0.6) is 17.2 Å². The fourth-order valence-corrected chi connectivity index (χ4v) is 2.47. The lowest BCUT2D eigenvalue weighted by atomic mass is 10.2. The summed E-state index contributed by atoms with van der Waals surface area (Å²) in [6, 6.07) is 11.9. The summed E-state index contributed by atoms with van der Waals surface area (Å²) in [5, 5.41) is 6.16. The number of hydrogen-bond acceptors (Lipinski definition) is 4. The molecule has 2 aromatic rings. The monoisotopic (exact) mass is 411 g/mol. The minimum absolute atomic E-state index is 0.163. The highest BCUT2D eigenvalue weighted by atomic mass is 19.4. The highest BCUT2D eigenvalue weighted by Gasteiger charge is 2.28. The Morgan fingerprint density at radius 2 is 1.79 bits per heavy atom. The Labute approximate surface area is 167 Å². The predicted octanol–water partition coefficient (Wildman–Crippen LogP) is 4.22. The van der Waals surface area contributed by atoms with Gasteiger partial charge in [0.15, 0.2) is 24.1 Å². The van der Waals surface area contributed by atoms with Crippen molar-refractivity contribution in [3.05, 3.63) is 48.0 Å². The number of ether oxygens (including phenoxy) is 3. The molecule has 9 heteroatoms. The van der Waals surface area contributed by atoms with Crippen molar-refractivity contribution >= 4 is 11.6 Å². The minimum atomic E-state index is -4.40. The zero-order valence-electron chi connectivity index (χ0n) is 16.5. The molecule has 2 rings (SSSR count). The third-order valence-corrected chi connectivity index (χ3v) is 3.76. The van der Waals surface area contributed by atoms with Gasteiger partial charge in [0.25, 0.3) is 0 Å². The number of anilines is 1. The van der Waals surface area contributed by atoms with Crippen molar-refractivity contribution in [2.75, 3.05) is 32.7 Å². The topological polar surface area (TPSA) is 64.1 Å². The number of rotatable bonds is 8. The summed E-state index contributed by atoms with van der Waals surface area (Å²) < 4.78 is 53.0. The molecule has 0 spiro atoms. The molecule has 0 heterocycles. The average Bonchev–Trinajstić information content (AvgIpc) is 2.70. The molecule has 2 aromatic carbocycles. The Morgan fingerprint density at radius 1 is 1.03 bits per heavy atom. The second kappa shape index (κ2) is 10.4. The Bertz CT molecular complexity index is 826. The number of para-hydroxylation sites is 1. The van der Waals surface area contributed by atoms with E-state index in [1.165, 1.54) is 6.07 Å². The molecule has 158 valence electrons. The molecule has 0 atom stereocenters. The van der Waals surface area contributed by atoms with Crippen LogP contribution in [0, 0.1) is 0 Å². The number of methoxy groups -OCH3 is 1. The molecule has 0 amide bonds. The smallest absolute Gasteiger partial charge is 0.422 e. The molecule has 0 aliphatic heterocycles. The van der Waals surface area contributed by atoms with Crippen LogP contribution >= 0.6 is 0 Å². The number of nitrogens with one attached hydrogen (secondary N) is 2. The van der Waals surface area contributed by atoms with Gasteiger partial charge in [-0.1, -0.05) is 18.2 Å². The van der Waals surface area contributed by atoms with Crippen LogP contribution in [0.1, 0.15) is 12.5 Å². The molecular formula is C20H24F3N3O3. The number of halogens is 3. The Hall–Kier alpha value is -3.10. The lowest BCUT2D eigenvalue weighted by Crippen LogP contribution is -2.30. The highest BCUT2D eigenvalue weighted by molar-refractivity contribution is 5.93. The maximum Gasteiger partial charge on any atom is 0.422 e. The Kier molecular flexibility index (Phi) is 7.99. The van der Waals surface area contributed by atoms with Gasteiger partial charge in [-0.3, -0.25) is 4.99 Å². The van der Waals surface area contributed by atoms with Crippen LogP contribution in [0.25, 0.3) is 0 Å². The van der Waals surface area contributed by atoms with Crippen molar-refractivity contribution in [2.24, 2.45) is 4.99 Å². The quantitative estimate of drug-likeness (QED) is 0.503. The predicted molar refractivity (Wildman–Crippen MR) is 106 cm³/mol. The van der Waals surface area contributed by atoms with Gasteiger partial charge in [-0.25, -0.2) is 0 Å². The number of benzene rings is 2. The van der Waals surface area contributed by atoms with Crippen LogP contribution in [0.3, 0.4) is 0 Å². The van der Waals surface area contributed by atoms with Crippen LogP contribution in [0.2, 0.25) is 0 Å². The van der Waals surface area contributed by atoms with Crippen molar-refractivity contribution in [3.63, 3.8) is 0 Å². The number of guanidine groups is 1. The molecule has 0 aromatic heterocycles.